The van der Waals surface area contributed by atoms with Crippen LogP contribution in [-0.2, 0) is 11.3 Å². The first-order chi connectivity index (χ1) is 8.59. The molecule has 98 valence electrons. The summed E-state index contributed by atoms with van der Waals surface area (Å²) in [6.07, 6.45) is 1.07. The van der Waals surface area contributed by atoms with Crippen molar-refractivity contribution in [1.29, 1.82) is 0 Å². The van der Waals surface area contributed by atoms with Gasteiger partial charge in [0.2, 0.25) is 5.91 Å². The molecule has 0 spiro atoms. The lowest BCUT2D eigenvalue weighted by Gasteiger charge is -2.24. The van der Waals surface area contributed by atoms with E-state index >= 15 is 0 Å². The Hall–Kier alpha value is -1.06. The summed E-state index contributed by atoms with van der Waals surface area (Å²) in [5.41, 5.74) is 0.987. The molecule has 1 N–H and O–H groups in total. The van der Waals surface area contributed by atoms with Gasteiger partial charge in [-0.2, -0.15) is 0 Å². The molecule has 1 heterocycles. The van der Waals surface area contributed by atoms with Gasteiger partial charge in [0.25, 0.3) is 0 Å². The number of amides is 1. The molecule has 1 saturated heterocycles. The Bertz CT molecular complexity index is 436. The molecule has 1 aliphatic heterocycles. The van der Waals surface area contributed by atoms with E-state index in [-0.39, 0.29) is 11.9 Å². The summed E-state index contributed by atoms with van der Waals surface area (Å²) < 4.78 is 0. The number of carbonyl (C=O) groups is 1. The maximum Gasteiger partial charge on any atom is 0.240 e. The standard InChI is InChI=1S/C14H19ClN2O/c1-10-7-8-16-13(10)14(18)17(2)9-11-5-3-4-6-12(11)15/h3-6,10,13,16H,7-9H2,1-2H3. The predicted molar refractivity (Wildman–Crippen MR) is 73.5 cm³/mol. The van der Waals surface area contributed by atoms with E-state index in [9.17, 15) is 4.79 Å². The lowest BCUT2D eigenvalue weighted by Crippen LogP contribution is -2.43. The van der Waals surface area contributed by atoms with Gasteiger partial charge in [-0.1, -0.05) is 36.7 Å². The van der Waals surface area contributed by atoms with E-state index in [2.05, 4.69) is 12.2 Å². The van der Waals surface area contributed by atoms with Crippen LogP contribution in [0.4, 0.5) is 0 Å². The highest BCUT2D eigenvalue weighted by Gasteiger charge is 2.31. The number of rotatable bonds is 3. The van der Waals surface area contributed by atoms with E-state index in [4.69, 9.17) is 11.6 Å². The molecule has 0 aliphatic carbocycles. The maximum atomic E-state index is 12.3. The molecule has 2 atom stereocenters. The Balaban J connectivity index is 2.01. The third kappa shape index (κ3) is 2.85. The van der Waals surface area contributed by atoms with E-state index in [0.29, 0.717) is 17.5 Å². The van der Waals surface area contributed by atoms with Gasteiger partial charge in [-0.25, -0.2) is 0 Å². The molecule has 1 aliphatic rings. The lowest BCUT2D eigenvalue weighted by molar-refractivity contribution is -0.133. The van der Waals surface area contributed by atoms with Crippen LogP contribution in [0.1, 0.15) is 18.9 Å². The Labute approximate surface area is 113 Å². The van der Waals surface area contributed by atoms with E-state index in [0.717, 1.165) is 18.5 Å². The molecule has 0 radical (unpaired) electrons. The maximum absolute atomic E-state index is 12.3. The van der Waals surface area contributed by atoms with Crippen LogP contribution in [-0.4, -0.2) is 30.4 Å². The van der Waals surface area contributed by atoms with Crippen LogP contribution in [0.15, 0.2) is 24.3 Å². The normalized spacial score (nSPS) is 23.1. The van der Waals surface area contributed by atoms with E-state index < -0.39 is 0 Å². The first-order valence-corrected chi connectivity index (χ1v) is 6.69. The minimum Gasteiger partial charge on any atom is -0.340 e. The summed E-state index contributed by atoms with van der Waals surface area (Å²) in [7, 11) is 1.83. The van der Waals surface area contributed by atoms with Crippen molar-refractivity contribution in [2.75, 3.05) is 13.6 Å². The van der Waals surface area contributed by atoms with Crippen LogP contribution < -0.4 is 5.32 Å². The van der Waals surface area contributed by atoms with Crippen LogP contribution >= 0.6 is 11.6 Å². The Morgan fingerprint density at radius 3 is 2.83 bits per heavy atom. The molecule has 1 aromatic rings. The molecule has 0 aromatic heterocycles. The van der Waals surface area contributed by atoms with Gasteiger partial charge in [-0.15, -0.1) is 0 Å². The highest BCUT2D eigenvalue weighted by molar-refractivity contribution is 6.31. The molecule has 2 unspecified atom stereocenters. The van der Waals surface area contributed by atoms with Crippen molar-refractivity contribution in [1.82, 2.24) is 10.2 Å². The number of nitrogens with one attached hydrogen (secondary N) is 1. The van der Waals surface area contributed by atoms with Crippen molar-refractivity contribution < 1.29 is 4.79 Å². The molecule has 0 bridgehead atoms. The van der Waals surface area contributed by atoms with E-state index in [1.54, 1.807) is 4.90 Å². The smallest absolute Gasteiger partial charge is 0.240 e. The summed E-state index contributed by atoms with van der Waals surface area (Å²) in [6.45, 7) is 3.60. The Morgan fingerprint density at radius 2 is 2.22 bits per heavy atom. The number of nitrogens with zero attached hydrogens (tertiary/aromatic N) is 1. The quantitative estimate of drug-likeness (QED) is 0.911. The van der Waals surface area contributed by atoms with Gasteiger partial charge in [-0.05, 0) is 30.5 Å². The van der Waals surface area contributed by atoms with Crippen LogP contribution in [0.3, 0.4) is 0 Å². The second-order valence-corrected chi connectivity index (χ2v) is 5.39. The zero-order chi connectivity index (χ0) is 13.1. The summed E-state index contributed by atoms with van der Waals surface area (Å²) in [5.74, 6) is 0.561. The monoisotopic (exact) mass is 266 g/mol. The fourth-order valence-electron chi connectivity index (χ4n) is 2.36. The van der Waals surface area contributed by atoms with E-state index in [1.807, 2.05) is 31.3 Å². The Kier molecular flexibility index (Phi) is 4.25. The average molecular weight is 267 g/mol. The van der Waals surface area contributed by atoms with Crippen LogP contribution in [0.5, 0.6) is 0 Å². The van der Waals surface area contributed by atoms with Gasteiger partial charge < -0.3 is 10.2 Å². The fourth-order valence-corrected chi connectivity index (χ4v) is 2.56. The molecule has 2 rings (SSSR count). The molecule has 1 amide bonds. The van der Waals surface area contributed by atoms with Gasteiger partial charge in [-0.3, -0.25) is 4.79 Å². The molecule has 0 saturated carbocycles. The highest BCUT2D eigenvalue weighted by Crippen LogP contribution is 2.19. The zero-order valence-electron chi connectivity index (χ0n) is 10.8. The van der Waals surface area contributed by atoms with Crippen LogP contribution in [0, 0.1) is 5.92 Å². The lowest BCUT2D eigenvalue weighted by atomic mass is 10.0. The third-order valence-corrected chi connectivity index (χ3v) is 3.91. The SMILES string of the molecule is CC1CCNC1C(=O)N(C)Cc1ccccc1Cl. The van der Waals surface area contributed by atoms with Crippen LogP contribution in [0.25, 0.3) is 0 Å². The van der Waals surface area contributed by atoms with E-state index in [1.165, 1.54) is 0 Å². The van der Waals surface area contributed by atoms with Gasteiger partial charge in [0.15, 0.2) is 0 Å². The number of carbonyl (C=O) groups excluding carboxylic acids is 1. The summed E-state index contributed by atoms with van der Waals surface area (Å²) in [6, 6.07) is 7.60. The number of hydrogen-bond donors (Lipinski definition) is 1. The number of benzene rings is 1. The van der Waals surface area contributed by atoms with Crippen molar-refractivity contribution >= 4 is 17.5 Å². The van der Waals surface area contributed by atoms with Crippen molar-refractivity contribution in [2.24, 2.45) is 5.92 Å². The molecular formula is C14H19ClN2O. The molecule has 18 heavy (non-hydrogen) atoms. The number of likely N-dealkylation sites (N-methyl/N-ethyl adjacent to an activating group) is 1. The third-order valence-electron chi connectivity index (χ3n) is 3.54. The minimum atomic E-state index is -0.0440. The van der Waals surface area contributed by atoms with Crippen molar-refractivity contribution in [3.8, 4) is 0 Å². The highest BCUT2D eigenvalue weighted by atomic mass is 35.5. The number of halogens is 1. The average Bonchev–Trinajstić information content (AvgIpc) is 2.77. The molecule has 1 aromatic carbocycles. The second-order valence-electron chi connectivity index (χ2n) is 4.98. The van der Waals surface area contributed by atoms with Gasteiger partial charge in [0.05, 0.1) is 6.04 Å². The molecule has 3 nitrogen and oxygen atoms in total. The molecule has 4 heteroatoms. The molecule has 1 fully saturated rings. The van der Waals surface area contributed by atoms with Crippen molar-refractivity contribution in [3.05, 3.63) is 34.9 Å². The van der Waals surface area contributed by atoms with Gasteiger partial charge in [0, 0.05) is 18.6 Å². The second kappa shape index (κ2) is 5.72. The van der Waals surface area contributed by atoms with Crippen molar-refractivity contribution in [2.45, 2.75) is 25.9 Å². The topological polar surface area (TPSA) is 32.3 Å². The first-order valence-electron chi connectivity index (χ1n) is 6.31. The summed E-state index contributed by atoms with van der Waals surface area (Å²) in [5, 5.41) is 3.98. The zero-order valence-corrected chi connectivity index (χ0v) is 11.6. The van der Waals surface area contributed by atoms with Crippen LogP contribution in [0.2, 0.25) is 5.02 Å². The number of hydrogen-bond acceptors (Lipinski definition) is 2. The predicted octanol–water partition coefficient (Wildman–Crippen LogP) is 2.30. The first kappa shape index (κ1) is 13.4. The summed E-state index contributed by atoms with van der Waals surface area (Å²) in [4.78, 5) is 14.0. The van der Waals surface area contributed by atoms with Gasteiger partial charge in [0.1, 0.15) is 0 Å². The minimum absolute atomic E-state index is 0.0440. The summed E-state index contributed by atoms with van der Waals surface area (Å²) >= 11 is 6.11. The van der Waals surface area contributed by atoms with Gasteiger partial charge >= 0.3 is 0 Å². The Morgan fingerprint density at radius 1 is 1.50 bits per heavy atom. The van der Waals surface area contributed by atoms with Crippen molar-refractivity contribution in [3.63, 3.8) is 0 Å². The largest absolute Gasteiger partial charge is 0.340 e. The fraction of sp³-hybridized carbons (Fsp3) is 0.500. The molecular weight excluding hydrogens is 248 g/mol.